The SMILES string of the molecule is C=Cc1c(CC)n(-c2ccccc2)c2ccc(-c3ccc(Cl)cc3)cc12. The Morgan fingerprint density at radius 3 is 2.27 bits per heavy atom. The van der Waals surface area contributed by atoms with Crippen molar-refractivity contribution in [1.29, 1.82) is 0 Å². The molecule has 0 amide bonds. The first kappa shape index (κ1) is 16.7. The summed E-state index contributed by atoms with van der Waals surface area (Å²) in [4.78, 5) is 0. The lowest BCUT2D eigenvalue weighted by molar-refractivity contribution is 0.957. The maximum absolute atomic E-state index is 6.04. The molecular weight excluding hydrogens is 338 g/mol. The minimum atomic E-state index is 0.755. The second-order valence-corrected chi connectivity index (χ2v) is 6.76. The van der Waals surface area contributed by atoms with Gasteiger partial charge in [0.05, 0.1) is 5.52 Å². The zero-order valence-electron chi connectivity index (χ0n) is 14.7. The van der Waals surface area contributed by atoms with Gasteiger partial charge in [0.2, 0.25) is 0 Å². The molecule has 1 heterocycles. The molecule has 1 nitrogen and oxygen atoms in total. The van der Waals surface area contributed by atoms with Crippen LogP contribution < -0.4 is 0 Å². The van der Waals surface area contributed by atoms with Gasteiger partial charge in [0.25, 0.3) is 0 Å². The molecule has 0 radical (unpaired) electrons. The fourth-order valence-corrected chi connectivity index (χ4v) is 3.76. The van der Waals surface area contributed by atoms with Crippen LogP contribution in [0.3, 0.4) is 0 Å². The summed E-state index contributed by atoms with van der Waals surface area (Å²) in [6.07, 6.45) is 2.92. The van der Waals surface area contributed by atoms with Gasteiger partial charge in [-0.1, -0.05) is 67.6 Å². The van der Waals surface area contributed by atoms with E-state index in [1.807, 2.05) is 24.3 Å². The van der Waals surface area contributed by atoms with Gasteiger partial charge >= 0.3 is 0 Å². The van der Waals surface area contributed by atoms with Gasteiger partial charge in [-0.3, -0.25) is 0 Å². The Hall–Kier alpha value is -2.77. The van der Waals surface area contributed by atoms with Gasteiger partial charge in [-0.15, -0.1) is 0 Å². The van der Waals surface area contributed by atoms with Crippen LogP contribution in [0.5, 0.6) is 0 Å². The lowest BCUT2D eigenvalue weighted by atomic mass is 10.0. The fourth-order valence-electron chi connectivity index (χ4n) is 3.64. The molecule has 128 valence electrons. The molecule has 3 aromatic carbocycles. The number of benzene rings is 3. The number of rotatable bonds is 4. The fraction of sp³-hybridized carbons (Fsp3) is 0.0833. The van der Waals surface area contributed by atoms with E-state index in [4.69, 9.17) is 11.6 Å². The molecular formula is C24H20ClN. The Morgan fingerprint density at radius 1 is 0.923 bits per heavy atom. The highest BCUT2D eigenvalue weighted by Gasteiger charge is 2.16. The molecule has 0 spiro atoms. The number of aromatic nitrogens is 1. The summed E-state index contributed by atoms with van der Waals surface area (Å²) in [5, 5.41) is 1.98. The van der Waals surface area contributed by atoms with E-state index < -0.39 is 0 Å². The van der Waals surface area contributed by atoms with E-state index in [0.29, 0.717) is 0 Å². The highest BCUT2D eigenvalue weighted by molar-refractivity contribution is 6.30. The van der Waals surface area contributed by atoms with Crippen molar-refractivity contribution in [2.24, 2.45) is 0 Å². The van der Waals surface area contributed by atoms with E-state index >= 15 is 0 Å². The standard InChI is InChI=1S/C24H20ClN/c1-3-21-22-16-18(17-10-13-19(25)14-11-17)12-15-24(22)26(23(21)4-2)20-8-6-5-7-9-20/h3,5-16H,1,4H2,2H3. The number of hydrogen-bond donors (Lipinski definition) is 0. The second kappa shape index (κ2) is 6.86. The number of halogens is 1. The molecule has 0 fully saturated rings. The van der Waals surface area contributed by atoms with Crippen LogP contribution >= 0.6 is 11.6 Å². The summed E-state index contributed by atoms with van der Waals surface area (Å²) >= 11 is 6.04. The minimum Gasteiger partial charge on any atom is -0.313 e. The van der Waals surface area contributed by atoms with Crippen molar-refractivity contribution in [3.8, 4) is 16.8 Å². The largest absolute Gasteiger partial charge is 0.313 e. The van der Waals surface area contributed by atoms with Crippen LogP contribution in [0, 0.1) is 0 Å². The summed E-state index contributed by atoms with van der Waals surface area (Å²) in [6.45, 7) is 6.28. The average molecular weight is 358 g/mol. The molecule has 4 aromatic rings. The predicted octanol–water partition coefficient (Wildman–Crippen LogP) is 7.16. The van der Waals surface area contributed by atoms with Crippen molar-refractivity contribution in [3.05, 3.63) is 95.7 Å². The summed E-state index contributed by atoms with van der Waals surface area (Å²) in [5.41, 5.74) is 7.24. The Morgan fingerprint density at radius 2 is 1.62 bits per heavy atom. The third-order valence-corrected chi connectivity index (χ3v) is 5.09. The van der Waals surface area contributed by atoms with E-state index in [0.717, 1.165) is 17.0 Å². The van der Waals surface area contributed by atoms with Gasteiger partial charge in [0, 0.05) is 27.4 Å². The van der Waals surface area contributed by atoms with Crippen LogP contribution in [0.15, 0.2) is 79.4 Å². The molecule has 0 saturated heterocycles. The van der Waals surface area contributed by atoms with E-state index in [1.54, 1.807) is 0 Å². The Labute approximate surface area is 159 Å². The maximum atomic E-state index is 6.04. The van der Waals surface area contributed by atoms with E-state index in [1.165, 1.54) is 33.4 Å². The third-order valence-electron chi connectivity index (χ3n) is 4.84. The van der Waals surface area contributed by atoms with Crippen LogP contribution in [0.2, 0.25) is 5.02 Å². The first-order valence-electron chi connectivity index (χ1n) is 8.84. The highest BCUT2D eigenvalue weighted by atomic mass is 35.5. The van der Waals surface area contributed by atoms with Crippen LogP contribution in [0.4, 0.5) is 0 Å². The second-order valence-electron chi connectivity index (χ2n) is 6.33. The Bertz CT molecular complexity index is 1070. The normalized spacial score (nSPS) is 11.0. The van der Waals surface area contributed by atoms with E-state index in [9.17, 15) is 0 Å². The number of hydrogen-bond acceptors (Lipinski definition) is 0. The first-order chi connectivity index (χ1) is 12.7. The maximum Gasteiger partial charge on any atom is 0.0538 e. The molecule has 0 atom stereocenters. The number of para-hydroxylation sites is 1. The van der Waals surface area contributed by atoms with Crippen molar-refractivity contribution in [1.82, 2.24) is 4.57 Å². The minimum absolute atomic E-state index is 0.755. The highest BCUT2D eigenvalue weighted by Crippen LogP contribution is 2.34. The molecule has 0 aliphatic rings. The molecule has 2 heteroatoms. The first-order valence-corrected chi connectivity index (χ1v) is 9.22. The van der Waals surface area contributed by atoms with Gasteiger partial charge in [0.15, 0.2) is 0 Å². The van der Waals surface area contributed by atoms with Gasteiger partial charge in [-0.2, -0.15) is 0 Å². The smallest absolute Gasteiger partial charge is 0.0538 e. The molecule has 1 aromatic heterocycles. The van der Waals surface area contributed by atoms with Crippen molar-refractivity contribution >= 4 is 28.6 Å². The number of fused-ring (bicyclic) bond motifs is 1. The molecule has 26 heavy (non-hydrogen) atoms. The van der Waals surface area contributed by atoms with Crippen molar-refractivity contribution in [3.63, 3.8) is 0 Å². The van der Waals surface area contributed by atoms with Gasteiger partial charge in [-0.25, -0.2) is 0 Å². The monoisotopic (exact) mass is 357 g/mol. The molecule has 0 unspecified atom stereocenters. The summed E-state index contributed by atoms with van der Waals surface area (Å²) in [5.74, 6) is 0. The lowest BCUT2D eigenvalue weighted by Crippen LogP contribution is -1.99. The van der Waals surface area contributed by atoms with Gasteiger partial charge in [0.1, 0.15) is 0 Å². The van der Waals surface area contributed by atoms with Crippen LogP contribution in [-0.2, 0) is 6.42 Å². The number of nitrogens with zero attached hydrogens (tertiary/aromatic N) is 1. The zero-order chi connectivity index (χ0) is 18.1. The van der Waals surface area contributed by atoms with Crippen molar-refractivity contribution < 1.29 is 0 Å². The van der Waals surface area contributed by atoms with Crippen LogP contribution in [-0.4, -0.2) is 4.57 Å². The Kier molecular flexibility index (Phi) is 4.40. The van der Waals surface area contributed by atoms with E-state index in [2.05, 4.69) is 72.7 Å². The summed E-state index contributed by atoms with van der Waals surface area (Å²) in [6, 6.07) is 25.1. The van der Waals surface area contributed by atoms with Gasteiger partial charge < -0.3 is 4.57 Å². The Balaban J connectivity index is 1.99. The third kappa shape index (κ3) is 2.75. The van der Waals surface area contributed by atoms with Crippen LogP contribution in [0.25, 0.3) is 33.8 Å². The molecule has 0 bridgehead atoms. The molecule has 0 aliphatic heterocycles. The van der Waals surface area contributed by atoms with Crippen LogP contribution in [0.1, 0.15) is 18.2 Å². The molecule has 0 aliphatic carbocycles. The molecule has 0 N–H and O–H groups in total. The molecule has 4 rings (SSSR count). The predicted molar refractivity (Wildman–Crippen MR) is 113 cm³/mol. The summed E-state index contributed by atoms with van der Waals surface area (Å²) in [7, 11) is 0. The van der Waals surface area contributed by atoms with Crippen molar-refractivity contribution in [2.45, 2.75) is 13.3 Å². The quantitative estimate of drug-likeness (QED) is 0.365. The average Bonchev–Trinajstić information content (AvgIpc) is 3.01. The van der Waals surface area contributed by atoms with E-state index in [-0.39, 0.29) is 0 Å². The lowest BCUT2D eigenvalue weighted by Gasteiger charge is -2.10. The zero-order valence-corrected chi connectivity index (χ0v) is 15.5. The van der Waals surface area contributed by atoms with Gasteiger partial charge in [-0.05, 0) is 53.9 Å². The molecule has 0 saturated carbocycles. The topological polar surface area (TPSA) is 4.93 Å². The summed E-state index contributed by atoms with van der Waals surface area (Å²) < 4.78 is 2.35. The van der Waals surface area contributed by atoms with Crippen molar-refractivity contribution in [2.75, 3.05) is 0 Å².